The largest absolute Gasteiger partial charge is 0.357 e. The number of rotatable bonds is 3. The van der Waals surface area contributed by atoms with Gasteiger partial charge in [-0.1, -0.05) is 23.7 Å². The van der Waals surface area contributed by atoms with Crippen LogP contribution in [0.5, 0.6) is 0 Å². The van der Waals surface area contributed by atoms with Gasteiger partial charge in [-0.3, -0.25) is 0 Å². The van der Waals surface area contributed by atoms with E-state index in [-0.39, 0.29) is 6.04 Å². The molecule has 0 spiro atoms. The van der Waals surface area contributed by atoms with Crippen LogP contribution in [-0.2, 0) is 6.42 Å². The monoisotopic (exact) mass is 236 g/mol. The highest BCUT2D eigenvalue weighted by atomic mass is 35.5. The van der Waals surface area contributed by atoms with Crippen molar-refractivity contribution in [1.82, 2.24) is 4.98 Å². The van der Waals surface area contributed by atoms with Crippen LogP contribution >= 0.6 is 11.6 Å². The van der Waals surface area contributed by atoms with E-state index in [0.29, 0.717) is 0 Å². The maximum absolute atomic E-state index is 6.15. The normalized spacial score (nSPS) is 13.2. The first-order valence-corrected chi connectivity index (χ1v) is 5.98. The van der Waals surface area contributed by atoms with Gasteiger partial charge in [-0.15, -0.1) is 0 Å². The molecule has 1 aromatic heterocycles. The number of aromatic nitrogens is 1. The lowest BCUT2D eigenvalue weighted by Gasteiger charge is -2.05. The average molecular weight is 237 g/mol. The second-order valence-electron chi connectivity index (χ2n) is 4.41. The van der Waals surface area contributed by atoms with Crippen molar-refractivity contribution in [2.45, 2.75) is 32.7 Å². The number of nitrogens with one attached hydrogen (secondary N) is 1. The number of aryl methyl sites for hydroxylation is 2. The summed E-state index contributed by atoms with van der Waals surface area (Å²) < 4.78 is 0. The molecular weight excluding hydrogens is 220 g/mol. The van der Waals surface area contributed by atoms with Crippen molar-refractivity contribution < 1.29 is 0 Å². The fourth-order valence-corrected chi connectivity index (χ4v) is 2.28. The third-order valence-electron chi connectivity index (χ3n) is 2.95. The minimum absolute atomic E-state index is 0.239. The summed E-state index contributed by atoms with van der Waals surface area (Å²) >= 11 is 6.15. The van der Waals surface area contributed by atoms with Crippen molar-refractivity contribution in [3.05, 3.63) is 34.5 Å². The van der Waals surface area contributed by atoms with Crippen molar-refractivity contribution in [3.8, 4) is 0 Å². The molecule has 3 N–H and O–H groups in total. The Morgan fingerprint density at radius 3 is 2.88 bits per heavy atom. The van der Waals surface area contributed by atoms with Crippen LogP contribution in [0.15, 0.2) is 18.2 Å². The zero-order chi connectivity index (χ0) is 11.7. The van der Waals surface area contributed by atoms with Crippen LogP contribution in [0.25, 0.3) is 10.9 Å². The SMILES string of the molecule is Cc1[nH]c2c(Cl)cccc2c1CCC(C)N. The number of halogens is 1. The first-order valence-electron chi connectivity index (χ1n) is 5.61. The smallest absolute Gasteiger partial charge is 0.0648 e. The second-order valence-corrected chi connectivity index (χ2v) is 4.81. The molecule has 2 nitrogen and oxygen atoms in total. The number of fused-ring (bicyclic) bond motifs is 1. The zero-order valence-corrected chi connectivity index (χ0v) is 10.4. The summed E-state index contributed by atoms with van der Waals surface area (Å²) in [6.45, 7) is 4.13. The first kappa shape index (κ1) is 11.5. The third-order valence-corrected chi connectivity index (χ3v) is 3.27. The van der Waals surface area contributed by atoms with Gasteiger partial charge in [-0.25, -0.2) is 0 Å². The maximum atomic E-state index is 6.15. The topological polar surface area (TPSA) is 41.8 Å². The number of hydrogen-bond acceptors (Lipinski definition) is 1. The zero-order valence-electron chi connectivity index (χ0n) is 9.68. The van der Waals surface area contributed by atoms with Crippen LogP contribution in [0.4, 0.5) is 0 Å². The van der Waals surface area contributed by atoms with Gasteiger partial charge in [0, 0.05) is 17.1 Å². The molecule has 86 valence electrons. The lowest BCUT2D eigenvalue weighted by molar-refractivity contribution is 0.666. The number of benzene rings is 1. The molecule has 0 radical (unpaired) electrons. The Morgan fingerprint density at radius 2 is 2.19 bits per heavy atom. The van der Waals surface area contributed by atoms with Crippen molar-refractivity contribution in [2.24, 2.45) is 5.73 Å². The van der Waals surface area contributed by atoms with Crippen LogP contribution < -0.4 is 5.73 Å². The Bertz CT molecular complexity index is 500. The van der Waals surface area contributed by atoms with Crippen molar-refractivity contribution >= 4 is 22.5 Å². The Morgan fingerprint density at radius 1 is 1.44 bits per heavy atom. The van der Waals surface area contributed by atoms with Gasteiger partial charge in [-0.2, -0.15) is 0 Å². The molecule has 0 saturated carbocycles. The molecule has 3 heteroatoms. The number of aromatic amines is 1. The molecular formula is C13H17ClN2. The van der Waals surface area contributed by atoms with Crippen LogP contribution in [0.2, 0.25) is 5.02 Å². The highest BCUT2D eigenvalue weighted by Gasteiger charge is 2.10. The molecule has 2 rings (SSSR count). The lowest BCUT2D eigenvalue weighted by atomic mass is 10.0. The van der Waals surface area contributed by atoms with E-state index in [1.54, 1.807) is 0 Å². The van der Waals surface area contributed by atoms with Gasteiger partial charge in [0.15, 0.2) is 0 Å². The summed E-state index contributed by atoms with van der Waals surface area (Å²) in [5.74, 6) is 0. The molecule has 1 aromatic carbocycles. The summed E-state index contributed by atoms with van der Waals surface area (Å²) in [4.78, 5) is 3.35. The number of hydrogen-bond donors (Lipinski definition) is 2. The number of H-pyrrole nitrogens is 1. The highest BCUT2D eigenvalue weighted by Crippen LogP contribution is 2.28. The summed E-state index contributed by atoms with van der Waals surface area (Å²) in [5, 5.41) is 2.01. The summed E-state index contributed by atoms with van der Waals surface area (Å²) in [5.41, 5.74) is 9.38. The van der Waals surface area contributed by atoms with Gasteiger partial charge < -0.3 is 10.7 Å². The van der Waals surface area contributed by atoms with E-state index in [1.807, 2.05) is 19.1 Å². The Balaban J connectivity index is 2.44. The Kier molecular flexibility index (Phi) is 3.22. The van der Waals surface area contributed by atoms with Crippen molar-refractivity contribution in [3.63, 3.8) is 0 Å². The molecule has 1 atom stereocenters. The predicted molar refractivity (Wildman–Crippen MR) is 70.0 cm³/mol. The molecule has 0 aliphatic carbocycles. The molecule has 0 fully saturated rings. The van der Waals surface area contributed by atoms with E-state index < -0.39 is 0 Å². The maximum Gasteiger partial charge on any atom is 0.0648 e. The van der Waals surface area contributed by atoms with Crippen LogP contribution in [0.1, 0.15) is 24.6 Å². The van der Waals surface area contributed by atoms with E-state index in [4.69, 9.17) is 17.3 Å². The Labute approximate surface area is 101 Å². The van der Waals surface area contributed by atoms with Gasteiger partial charge in [0.1, 0.15) is 0 Å². The van der Waals surface area contributed by atoms with Crippen LogP contribution in [0.3, 0.4) is 0 Å². The second kappa shape index (κ2) is 4.48. The molecule has 0 bridgehead atoms. The molecule has 0 saturated heterocycles. The molecule has 0 aliphatic heterocycles. The van der Waals surface area contributed by atoms with Gasteiger partial charge in [0.25, 0.3) is 0 Å². The van der Waals surface area contributed by atoms with E-state index in [9.17, 15) is 0 Å². The highest BCUT2D eigenvalue weighted by molar-refractivity contribution is 6.35. The van der Waals surface area contributed by atoms with Crippen LogP contribution in [0, 0.1) is 6.92 Å². The number of nitrogens with two attached hydrogens (primary N) is 1. The number of para-hydroxylation sites is 1. The summed E-state index contributed by atoms with van der Waals surface area (Å²) in [6.07, 6.45) is 2.00. The molecule has 0 aliphatic rings. The lowest BCUT2D eigenvalue weighted by Crippen LogP contribution is -2.15. The molecule has 0 amide bonds. The quantitative estimate of drug-likeness (QED) is 0.843. The first-order chi connectivity index (χ1) is 7.59. The fourth-order valence-electron chi connectivity index (χ4n) is 2.06. The fraction of sp³-hybridized carbons (Fsp3) is 0.385. The van der Waals surface area contributed by atoms with E-state index in [0.717, 1.165) is 23.4 Å². The molecule has 2 aromatic rings. The standard InChI is InChI=1S/C13H17ClN2/c1-8(15)6-7-10-9(2)16-13-11(10)4-3-5-12(13)14/h3-5,8,16H,6-7,15H2,1-2H3. The van der Waals surface area contributed by atoms with E-state index in [1.165, 1.54) is 16.6 Å². The van der Waals surface area contributed by atoms with E-state index in [2.05, 4.69) is 18.0 Å². The average Bonchev–Trinajstić information content (AvgIpc) is 2.53. The summed E-state index contributed by atoms with van der Waals surface area (Å²) in [7, 11) is 0. The van der Waals surface area contributed by atoms with E-state index >= 15 is 0 Å². The van der Waals surface area contributed by atoms with Gasteiger partial charge in [0.05, 0.1) is 10.5 Å². The van der Waals surface area contributed by atoms with Gasteiger partial charge >= 0.3 is 0 Å². The Hall–Kier alpha value is -0.990. The third kappa shape index (κ3) is 2.08. The minimum Gasteiger partial charge on any atom is -0.357 e. The van der Waals surface area contributed by atoms with Crippen LogP contribution in [-0.4, -0.2) is 11.0 Å². The molecule has 16 heavy (non-hydrogen) atoms. The van der Waals surface area contributed by atoms with Gasteiger partial charge in [-0.05, 0) is 38.3 Å². The minimum atomic E-state index is 0.239. The molecule has 1 heterocycles. The van der Waals surface area contributed by atoms with Gasteiger partial charge in [0.2, 0.25) is 0 Å². The summed E-state index contributed by atoms with van der Waals surface area (Å²) in [6, 6.07) is 6.26. The van der Waals surface area contributed by atoms with Crippen molar-refractivity contribution in [1.29, 1.82) is 0 Å². The predicted octanol–water partition coefficient (Wildman–Crippen LogP) is 3.41. The molecule has 1 unspecified atom stereocenters. The van der Waals surface area contributed by atoms with Crippen molar-refractivity contribution in [2.75, 3.05) is 0 Å².